The first-order valence-electron chi connectivity index (χ1n) is 6.72. The van der Waals surface area contributed by atoms with Crippen molar-refractivity contribution in [3.8, 4) is 5.75 Å². The van der Waals surface area contributed by atoms with Crippen molar-refractivity contribution in [2.45, 2.75) is 45.3 Å². The van der Waals surface area contributed by atoms with Gasteiger partial charge in [0.15, 0.2) is 0 Å². The second-order valence-electron chi connectivity index (χ2n) is 4.68. The fraction of sp³-hybridized carbons (Fsp3) is 0.600. The lowest BCUT2D eigenvalue weighted by molar-refractivity contribution is 0.181. The number of hydrogen-bond acceptors (Lipinski definition) is 3. The third kappa shape index (κ3) is 5.07. The zero-order valence-electron chi connectivity index (χ0n) is 11.6. The average molecular weight is 251 g/mol. The fourth-order valence-corrected chi connectivity index (χ4v) is 2.01. The Morgan fingerprint density at radius 1 is 1.28 bits per heavy atom. The lowest BCUT2D eigenvalue weighted by Gasteiger charge is -2.18. The normalized spacial score (nSPS) is 14.2. The highest BCUT2D eigenvalue weighted by atomic mass is 16.5. The van der Waals surface area contributed by atoms with Gasteiger partial charge in [-0.2, -0.15) is 0 Å². The van der Waals surface area contributed by atoms with E-state index in [0.717, 1.165) is 31.6 Å². The molecule has 2 unspecified atom stereocenters. The fourth-order valence-electron chi connectivity index (χ4n) is 2.01. The Labute approximate surface area is 110 Å². The van der Waals surface area contributed by atoms with E-state index in [1.54, 1.807) is 7.11 Å². The number of rotatable bonds is 8. The number of ether oxygens (including phenoxy) is 1. The highest BCUT2D eigenvalue weighted by molar-refractivity contribution is 5.29. The van der Waals surface area contributed by atoms with Crippen molar-refractivity contribution < 1.29 is 9.84 Å². The van der Waals surface area contributed by atoms with E-state index in [4.69, 9.17) is 4.74 Å². The first-order valence-corrected chi connectivity index (χ1v) is 6.72. The van der Waals surface area contributed by atoms with Gasteiger partial charge >= 0.3 is 0 Å². The van der Waals surface area contributed by atoms with Gasteiger partial charge in [0, 0.05) is 6.04 Å². The highest BCUT2D eigenvalue weighted by Crippen LogP contribution is 2.20. The maximum Gasteiger partial charge on any atom is 0.118 e. The quantitative estimate of drug-likeness (QED) is 0.698. The van der Waals surface area contributed by atoms with E-state index in [2.05, 4.69) is 24.4 Å². The second kappa shape index (κ2) is 8.11. The van der Waals surface area contributed by atoms with E-state index >= 15 is 0 Å². The summed E-state index contributed by atoms with van der Waals surface area (Å²) in [6, 6.07) is 8.58. The largest absolute Gasteiger partial charge is 0.497 e. The Morgan fingerprint density at radius 2 is 1.94 bits per heavy atom. The minimum Gasteiger partial charge on any atom is -0.497 e. The molecule has 18 heavy (non-hydrogen) atoms. The summed E-state index contributed by atoms with van der Waals surface area (Å²) in [5.41, 5.74) is 1.29. The Balaban J connectivity index is 2.44. The molecule has 1 aromatic rings. The van der Waals surface area contributed by atoms with Crippen LogP contribution in [0.4, 0.5) is 0 Å². The SMILES string of the molecule is CCC(NCCCC(C)O)c1ccc(OC)cc1. The Hall–Kier alpha value is -1.06. The van der Waals surface area contributed by atoms with Crippen LogP contribution in [-0.4, -0.2) is 24.9 Å². The summed E-state index contributed by atoms with van der Waals surface area (Å²) < 4.78 is 5.16. The molecule has 0 aliphatic heterocycles. The van der Waals surface area contributed by atoms with E-state index in [1.165, 1.54) is 5.56 Å². The van der Waals surface area contributed by atoms with Crippen LogP contribution in [0.5, 0.6) is 5.75 Å². The van der Waals surface area contributed by atoms with Gasteiger partial charge in [-0.1, -0.05) is 19.1 Å². The summed E-state index contributed by atoms with van der Waals surface area (Å²) >= 11 is 0. The van der Waals surface area contributed by atoms with E-state index in [0.29, 0.717) is 6.04 Å². The van der Waals surface area contributed by atoms with Crippen LogP contribution in [0.1, 0.15) is 44.7 Å². The lowest BCUT2D eigenvalue weighted by Crippen LogP contribution is -2.22. The smallest absolute Gasteiger partial charge is 0.118 e. The van der Waals surface area contributed by atoms with Crippen LogP contribution in [0.3, 0.4) is 0 Å². The maximum atomic E-state index is 9.21. The molecule has 3 nitrogen and oxygen atoms in total. The Morgan fingerprint density at radius 3 is 2.44 bits per heavy atom. The summed E-state index contributed by atoms with van der Waals surface area (Å²) in [6.45, 7) is 4.95. The molecule has 0 aliphatic carbocycles. The molecule has 1 aromatic carbocycles. The molecule has 3 heteroatoms. The summed E-state index contributed by atoms with van der Waals surface area (Å²) in [5, 5.41) is 12.7. The van der Waals surface area contributed by atoms with Crippen molar-refractivity contribution >= 4 is 0 Å². The van der Waals surface area contributed by atoms with Crippen molar-refractivity contribution in [1.82, 2.24) is 5.32 Å². The number of hydrogen-bond donors (Lipinski definition) is 2. The molecule has 0 fully saturated rings. The van der Waals surface area contributed by atoms with Gasteiger partial charge in [-0.15, -0.1) is 0 Å². The molecule has 2 atom stereocenters. The van der Waals surface area contributed by atoms with Crippen molar-refractivity contribution in [3.05, 3.63) is 29.8 Å². The Kier molecular flexibility index (Phi) is 6.76. The standard InChI is InChI=1S/C15H25NO2/c1-4-15(16-11-5-6-12(2)17)13-7-9-14(18-3)10-8-13/h7-10,12,15-17H,4-6,11H2,1-3H3. The van der Waals surface area contributed by atoms with Gasteiger partial charge < -0.3 is 15.2 Å². The predicted octanol–water partition coefficient (Wildman–Crippen LogP) is 2.90. The molecule has 0 radical (unpaired) electrons. The van der Waals surface area contributed by atoms with E-state index in [9.17, 15) is 5.11 Å². The number of methoxy groups -OCH3 is 1. The molecule has 0 aliphatic rings. The molecule has 0 amide bonds. The Bertz CT molecular complexity index is 322. The monoisotopic (exact) mass is 251 g/mol. The van der Waals surface area contributed by atoms with E-state index in [1.807, 2.05) is 19.1 Å². The van der Waals surface area contributed by atoms with Crippen LogP contribution in [0, 0.1) is 0 Å². The molecular weight excluding hydrogens is 226 g/mol. The molecular formula is C15H25NO2. The molecule has 0 saturated heterocycles. The zero-order chi connectivity index (χ0) is 13.4. The number of aliphatic hydroxyl groups excluding tert-OH is 1. The van der Waals surface area contributed by atoms with Gasteiger partial charge in [0.2, 0.25) is 0 Å². The number of benzene rings is 1. The molecule has 2 N–H and O–H groups in total. The second-order valence-corrected chi connectivity index (χ2v) is 4.68. The van der Waals surface area contributed by atoms with Gasteiger partial charge in [0.05, 0.1) is 13.2 Å². The third-order valence-corrected chi connectivity index (χ3v) is 3.12. The summed E-state index contributed by atoms with van der Waals surface area (Å²) in [7, 11) is 1.68. The van der Waals surface area contributed by atoms with Crippen molar-refractivity contribution in [2.75, 3.05) is 13.7 Å². The van der Waals surface area contributed by atoms with E-state index < -0.39 is 0 Å². The molecule has 0 heterocycles. The van der Waals surface area contributed by atoms with Gasteiger partial charge in [-0.3, -0.25) is 0 Å². The van der Waals surface area contributed by atoms with Crippen LogP contribution in [0.15, 0.2) is 24.3 Å². The topological polar surface area (TPSA) is 41.5 Å². The zero-order valence-corrected chi connectivity index (χ0v) is 11.6. The predicted molar refractivity (Wildman–Crippen MR) is 74.9 cm³/mol. The van der Waals surface area contributed by atoms with Gasteiger partial charge in [-0.05, 0) is 50.4 Å². The van der Waals surface area contributed by atoms with Crippen LogP contribution >= 0.6 is 0 Å². The number of aliphatic hydroxyl groups is 1. The minimum absolute atomic E-state index is 0.201. The van der Waals surface area contributed by atoms with Gasteiger partial charge in [0.25, 0.3) is 0 Å². The lowest BCUT2D eigenvalue weighted by atomic mass is 10.0. The molecule has 102 valence electrons. The summed E-state index contributed by atoms with van der Waals surface area (Å²) in [4.78, 5) is 0. The van der Waals surface area contributed by atoms with Crippen molar-refractivity contribution in [3.63, 3.8) is 0 Å². The molecule has 0 aromatic heterocycles. The van der Waals surface area contributed by atoms with Crippen molar-refractivity contribution in [1.29, 1.82) is 0 Å². The summed E-state index contributed by atoms with van der Waals surface area (Å²) in [5.74, 6) is 0.891. The third-order valence-electron chi connectivity index (χ3n) is 3.12. The van der Waals surface area contributed by atoms with Crippen LogP contribution in [0.2, 0.25) is 0 Å². The molecule has 0 spiro atoms. The van der Waals surface area contributed by atoms with Crippen molar-refractivity contribution in [2.24, 2.45) is 0 Å². The van der Waals surface area contributed by atoms with Gasteiger partial charge in [0.1, 0.15) is 5.75 Å². The highest BCUT2D eigenvalue weighted by Gasteiger charge is 2.08. The molecule has 1 rings (SSSR count). The first-order chi connectivity index (χ1) is 8.67. The summed E-state index contributed by atoms with van der Waals surface area (Å²) in [6.07, 6.45) is 2.71. The average Bonchev–Trinajstić information content (AvgIpc) is 2.39. The van der Waals surface area contributed by atoms with Crippen LogP contribution in [-0.2, 0) is 0 Å². The number of nitrogens with one attached hydrogen (secondary N) is 1. The molecule has 0 saturated carbocycles. The van der Waals surface area contributed by atoms with Gasteiger partial charge in [-0.25, -0.2) is 0 Å². The first kappa shape index (κ1) is 15.0. The van der Waals surface area contributed by atoms with E-state index in [-0.39, 0.29) is 6.10 Å². The van der Waals surface area contributed by atoms with Crippen LogP contribution in [0.25, 0.3) is 0 Å². The maximum absolute atomic E-state index is 9.21. The minimum atomic E-state index is -0.201. The van der Waals surface area contributed by atoms with Crippen LogP contribution < -0.4 is 10.1 Å². The molecule has 0 bridgehead atoms.